The highest BCUT2D eigenvalue weighted by Gasteiger charge is 2.25. The minimum absolute atomic E-state index is 0.0627. The Kier molecular flexibility index (Phi) is 6.31. The Labute approximate surface area is 125 Å². The first-order valence-electron chi connectivity index (χ1n) is 5.90. The van der Waals surface area contributed by atoms with Gasteiger partial charge in [-0.2, -0.15) is 0 Å². The van der Waals surface area contributed by atoms with E-state index in [-0.39, 0.29) is 12.4 Å². The highest BCUT2D eigenvalue weighted by molar-refractivity contribution is 8.13. The van der Waals surface area contributed by atoms with Gasteiger partial charge in [0.2, 0.25) is 0 Å². The van der Waals surface area contributed by atoms with Crippen LogP contribution in [0.3, 0.4) is 0 Å². The van der Waals surface area contributed by atoms with Crippen LogP contribution in [0.15, 0.2) is 17.0 Å². The fourth-order valence-electron chi connectivity index (χ4n) is 1.46. The Morgan fingerprint density at radius 1 is 1.38 bits per heavy atom. The van der Waals surface area contributed by atoms with Gasteiger partial charge >= 0.3 is 5.69 Å². The van der Waals surface area contributed by atoms with Crippen LogP contribution in [-0.4, -0.2) is 33.2 Å². The number of hydrogen-bond acceptors (Lipinski definition) is 6. The molecule has 21 heavy (non-hydrogen) atoms. The van der Waals surface area contributed by atoms with Crippen LogP contribution >= 0.6 is 10.7 Å². The second-order valence-corrected chi connectivity index (χ2v) is 6.38. The van der Waals surface area contributed by atoms with Gasteiger partial charge in [0.15, 0.2) is 5.75 Å². The third-order valence-corrected chi connectivity index (χ3v) is 3.70. The Hall–Kier alpha value is -1.45. The summed E-state index contributed by atoms with van der Waals surface area (Å²) in [6, 6.07) is 1.17. The molecular weight excluding hydrogens is 329 g/mol. The van der Waals surface area contributed by atoms with Crippen LogP contribution < -0.4 is 4.74 Å². The van der Waals surface area contributed by atoms with Crippen molar-refractivity contribution in [3.63, 3.8) is 0 Å². The number of ether oxygens (including phenoxy) is 2. The Balaban J connectivity index is 2.99. The van der Waals surface area contributed by atoms with Crippen molar-refractivity contribution >= 4 is 25.4 Å². The van der Waals surface area contributed by atoms with Crippen molar-refractivity contribution < 1.29 is 27.2 Å². The monoisotopic (exact) mass is 341 g/mol. The van der Waals surface area contributed by atoms with Crippen molar-refractivity contribution in [1.29, 1.82) is 0 Å². The van der Waals surface area contributed by atoms with Crippen molar-refractivity contribution in [2.24, 2.45) is 0 Å². The molecule has 118 valence electrons. The Bertz CT molecular complexity index is 621. The summed E-state index contributed by atoms with van der Waals surface area (Å²) >= 11 is 0. The zero-order valence-corrected chi connectivity index (χ0v) is 12.6. The maximum Gasteiger partial charge on any atom is 0.312 e. The molecule has 0 aromatic heterocycles. The molecule has 0 heterocycles. The molecule has 0 aliphatic carbocycles. The molecule has 0 radical (unpaired) electrons. The first kappa shape index (κ1) is 17.6. The lowest BCUT2D eigenvalue weighted by Crippen LogP contribution is -2.06. The first-order valence-corrected chi connectivity index (χ1v) is 8.21. The molecule has 0 atom stereocenters. The maximum atomic E-state index is 13.6. The highest BCUT2D eigenvalue weighted by atomic mass is 35.7. The van der Waals surface area contributed by atoms with Gasteiger partial charge in [-0.3, -0.25) is 10.1 Å². The second kappa shape index (κ2) is 7.53. The summed E-state index contributed by atoms with van der Waals surface area (Å²) in [6.45, 7) is 2.79. The summed E-state index contributed by atoms with van der Waals surface area (Å²) in [4.78, 5) is 9.06. The minimum Gasteiger partial charge on any atom is -0.487 e. The largest absolute Gasteiger partial charge is 0.487 e. The lowest BCUT2D eigenvalue weighted by molar-refractivity contribution is -0.386. The predicted octanol–water partition coefficient (Wildman–Crippen LogP) is 2.47. The average Bonchev–Trinajstić information content (AvgIpc) is 2.36. The molecule has 1 aromatic carbocycles. The molecular formula is C11H13ClFNO6S. The number of halogens is 2. The summed E-state index contributed by atoms with van der Waals surface area (Å²) in [5, 5.41) is 10.9. The van der Waals surface area contributed by atoms with Crippen molar-refractivity contribution in [3.8, 4) is 5.75 Å². The summed E-state index contributed by atoms with van der Waals surface area (Å²) < 4.78 is 46.0. The van der Waals surface area contributed by atoms with Gasteiger partial charge < -0.3 is 9.47 Å². The van der Waals surface area contributed by atoms with E-state index in [1.807, 2.05) is 6.92 Å². The third kappa shape index (κ3) is 5.10. The molecule has 0 bridgehead atoms. The lowest BCUT2D eigenvalue weighted by atomic mass is 10.3. The fourth-order valence-corrected chi connectivity index (χ4v) is 2.36. The molecule has 7 nitrogen and oxygen atoms in total. The second-order valence-electron chi connectivity index (χ2n) is 3.84. The number of nitro groups is 1. The average molecular weight is 342 g/mol. The van der Waals surface area contributed by atoms with Gasteiger partial charge in [0.05, 0.1) is 11.5 Å². The van der Waals surface area contributed by atoms with Crippen LogP contribution in [-0.2, 0) is 13.8 Å². The summed E-state index contributed by atoms with van der Waals surface area (Å²) in [5.41, 5.74) is -0.674. The lowest BCUT2D eigenvalue weighted by Gasteiger charge is -2.08. The number of benzene rings is 1. The molecule has 0 fully saturated rings. The summed E-state index contributed by atoms with van der Waals surface area (Å²) in [7, 11) is 0.585. The molecule has 0 aliphatic rings. The molecule has 0 aliphatic heterocycles. The van der Waals surface area contributed by atoms with Crippen LogP contribution in [0.4, 0.5) is 10.1 Å². The Morgan fingerprint density at radius 3 is 2.57 bits per heavy atom. The zero-order valence-electron chi connectivity index (χ0n) is 11.0. The van der Waals surface area contributed by atoms with Gasteiger partial charge in [-0.25, -0.2) is 12.8 Å². The minimum atomic E-state index is -4.42. The summed E-state index contributed by atoms with van der Waals surface area (Å²) in [5.74, 6) is -1.58. The molecule has 0 unspecified atom stereocenters. The maximum absolute atomic E-state index is 13.6. The van der Waals surface area contributed by atoms with Gasteiger partial charge in [-0.15, -0.1) is 0 Å². The van der Waals surface area contributed by atoms with Crippen LogP contribution in [0.5, 0.6) is 5.75 Å². The number of nitrogens with zero attached hydrogens (tertiary/aromatic N) is 1. The first-order chi connectivity index (χ1) is 9.77. The van der Waals surface area contributed by atoms with Crippen LogP contribution in [0.25, 0.3) is 0 Å². The van der Waals surface area contributed by atoms with Crippen LogP contribution in [0, 0.1) is 15.9 Å². The third-order valence-electron chi connectivity index (χ3n) is 2.37. The molecule has 1 aromatic rings. The Morgan fingerprint density at radius 2 is 2.05 bits per heavy atom. The molecule has 0 spiro atoms. The van der Waals surface area contributed by atoms with Crippen molar-refractivity contribution in [2.75, 3.05) is 19.8 Å². The quantitative estimate of drug-likeness (QED) is 0.312. The molecule has 0 N–H and O–H groups in total. The van der Waals surface area contributed by atoms with Crippen LogP contribution in [0.2, 0.25) is 0 Å². The SMILES string of the molecule is CCOCCCOc1cc(F)c(S(=O)(=O)Cl)cc1[N+](=O)[O-]. The van der Waals surface area contributed by atoms with E-state index in [1.54, 1.807) is 0 Å². The zero-order chi connectivity index (χ0) is 16.0. The highest BCUT2D eigenvalue weighted by Crippen LogP contribution is 2.33. The van der Waals surface area contributed by atoms with Gasteiger partial charge in [0.25, 0.3) is 9.05 Å². The van der Waals surface area contributed by atoms with E-state index in [2.05, 4.69) is 0 Å². The van der Waals surface area contributed by atoms with E-state index < -0.39 is 30.4 Å². The predicted molar refractivity (Wildman–Crippen MR) is 72.7 cm³/mol. The van der Waals surface area contributed by atoms with E-state index in [9.17, 15) is 22.9 Å². The van der Waals surface area contributed by atoms with Gasteiger partial charge in [0.1, 0.15) is 10.7 Å². The molecule has 0 amide bonds. The number of hydrogen-bond donors (Lipinski definition) is 0. The van der Waals surface area contributed by atoms with E-state index in [4.69, 9.17) is 20.2 Å². The number of nitro benzene ring substituents is 1. The van der Waals surface area contributed by atoms with Crippen LogP contribution in [0.1, 0.15) is 13.3 Å². The fraction of sp³-hybridized carbons (Fsp3) is 0.455. The van der Waals surface area contributed by atoms with Gasteiger partial charge in [-0.05, 0) is 6.92 Å². The number of rotatable bonds is 8. The van der Waals surface area contributed by atoms with Gasteiger partial charge in [0, 0.05) is 42.4 Å². The molecule has 10 heteroatoms. The van der Waals surface area contributed by atoms with Crippen molar-refractivity contribution in [2.45, 2.75) is 18.2 Å². The van der Waals surface area contributed by atoms with Crippen molar-refractivity contribution in [3.05, 3.63) is 28.1 Å². The smallest absolute Gasteiger partial charge is 0.312 e. The van der Waals surface area contributed by atoms with E-state index >= 15 is 0 Å². The normalized spacial score (nSPS) is 11.4. The molecule has 0 saturated heterocycles. The van der Waals surface area contributed by atoms with E-state index in [1.165, 1.54) is 0 Å². The van der Waals surface area contributed by atoms with Gasteiger partial charge in [-0.1, -0.05) is 0 Å². The van der Waals surface area contributed by atoms with E-state index in [0.29, 0.717) is 31.8 Å². The van der Waals surface area contributed by atoms with E-state index in [0.717, 1.165) is 0 Å². The molecule has 0 saturated carbocycles. The summed E-state index contributed by atoms with van der Waals surface area (Å²) in [6.07, 6.45) is 0.447. The standard InChI is InChI=1S/C11H13ClFNO6S/c1-2-19-4-3-5-20-10-6-8(13)11(21(12,17)18)7-9(10)14(15)16/h6-7H,2-5H2,1H3. The molecule has 1 rings (SSSR count). The van der Waals surface area contributed by atoms with Crippen molar-refractivity contribution in [1.82, 2.24) is 0 Å². The topological polar surface area (TPSA) is 95.7 Å².